The molecule has 0 heterocycles. The fraction of sp³-hybridized carbons (Fsp3) is 0.625. The number of hydrogen-bond acceptors (Lipinski definition) is 2. The summed E-state index contributed by atoms with van der Waals surface area (Å²) in [6, 6.07) is 0. The molecule has 0 aliphatic carbocycles. The molecule has 76 valence electrons. The number of nitrogens with zero attached hydrogens (tertiary/aromatic N) is 1. The van der Waals surface area contributed by atoms with Crippen LogP contribution in [-0.2, 0) is 4.79 Å². The Labute approximate surface area is 87.9 Å². The molecule has 3 nitrogen and oxygen atoms in total. The van der Waals surface area contributed by atoms with E-state index in [9.17, 15) is 4.79 Å². The minimum Gasteiger partial charge on any atom is -0.480 e. The van der Waals surface area contributed by atoms with E-state index in [1.807, 2.05) is 0 Å². The third-order valence-electron chi connectivity index (χ3n) is 1.98. The van der Waals surface area contributed by atoms with E-state index in [-0.39, 0.29) is 0 Å². The van der Waals surface area contributed by atoms with Crippen molar-refractivity contribution >= 4 is 29.2 Å². The van der Waals surface area contributed by atoms with E-state index >= 15 is 0 Å². The summed E-state index contributed by atoms with van der Waals surface area (Å²) in [7, 11) is 1.68. The van der Waals surface area contributed by atoms with Gasteiger partial charge in [0.2, 0.25) is 0 Å². The molecule has 0 aromatic carbocycles. The average Bonchev–Trinajstić information content (AvgIpc) is 2.03. The van der Waals surface area contributed by atoms with E-state index in [0.717, 1.165) is 0 Å². The molecular weight excluding hydrogens is 213 g/mol. The van der Waals surface area contributed by atoms with E-state index in [0.29, 0.717) is 11.6 Å². The molecule has 0 aliphatic rings. The van der Waals surface area contributed by atoms with Gasteiger partial charge in [0.1, 0.15) is 5.54 Å². The Morgan fingerprint density at radius 1 is 1.62 bits per heavy atom. The summed E-state index contributed by atoms with van der Waals surface area (Å²) in [5, 5.41) is 9.28. The van der Waals surface area contributed by atoms with E-state index in [2.05, 4.69) is 0 Å². The normalized spacial score (nSPS) is 13.5. The van der Waals surface area contributed by atoms with Crippen LogP contribution in [0.1, 0.15) is 13.8 Å². The van der Waals surface area contributed by atoms with E-state index in [1.54, 1.807) is 25.8 Å². The lowest BCUT2D eigenvalue weighted by atomic mass is 10.0. The van der Waals surface area contributed by atoms with Gasteiger partial charge >= 0.3 is 5.97 Å². The van der Waals surface area contributed by atoms with Crippen molar-refractivity contribution in [2.45, 2.75) is 19.4 Å². The Balaban J connectivity index is 4.42. The predicted octanol–water partition coefficient (Wildman–Crippen LogP) is 2.10. The number of halogens is 2. The first-order valence-corrected chi connectivity index (χ1v) is 4.53. The van der Waals surface area contributed by atoms with Gasteiger partial charge in [0, 0.05) is 17.1 Å². The fourth-order valence-corrected chi connectivity index (χ4v) is 0.870. The molecule has 0 radical (unpaired) electrons. The molecular formula is C8H13Cl2NO2. The molecule has 0 spiro atoms. The Kier molecular flexibility index (Phi) is 4.75. The van der Waals surface area contributed by atoms with Crippen LogP contribution in [0.5, 0.6) is 0 Å². The molecule has 13 heavy (non-hydrogen) atoms. The van der Waals surface area contributed by atoms with Crippen molar-refractivity contribution < 1.29 is 9.90 Å². The number of rotatable bonds is 4. The van der Waals surface area contributed by atoms with Crippen LogP contribution < -0.4 is 0 Å². The summed E-state index contributed by atoms with van der Waals surface area (Å²) >= 11 is 11.0. The smallest absolute Gasteiger partial charge is 0.323 e. The van der Waals surface area contributed by atoms with Gasteiger partial charge in [-0.3, -0.25) is 9.69 Å². The van der Waals surface area contributed by atoms with Gasteiger partial charge in [0.15, 0.2) is 0 Å². The van der Waals surface area contributed by atoms with E-state index in [4.69, 9.17) is 28.3 Å². The first-order valence-electron chi connectivity index (χ1n) is 3.71. The maximum Gasteiger partial charge on any atom is 0.323 e. The van der Waals surface area contributed by atoms with Gasteiger partial charge in [0.25, 0.3) is 0 Å². The van der Waals surface area contributed by atoms with Crippen molar-refractivity contribution in [2.75, 3.05) is 13.6 Å². The van der Waals surface area contributed by atoms with Crippen molar-refractivity contribution in [1.82, 2.24) is 4.90 Å². The first kappa shape index (κ1) is 12.8. The summed E-state index contributed by atoms with van der Waals surface area (Å²) in [6.45, 7) is 3.53. The molecule has 0 saturated heterocycles. The van der Waals surface area contributed by atoms with Crippen LogP contribution >= 0.6 is 23.2 Å². The zero-order valence-corrected chi connectivity index (χ0v) is 9.35. The molecule has 0 aliphatic heterocycles. The highest BCUT2D eigenvalue weighted by atomic mass is 35.5. The van der Waals surface area contributed by atoms with Crippen molar-refractivity contribution in [3.8, 4) is 0 Å². The SMILES string of the molecule is CN(CC(Cl)=CCl)C(C)(C)C(=O)O. The van der Waals surface area contributed by atoms with Gasteiger partial charge in [0.05, 0.1) is 0 Å². The number of likely N-dealkylation sites (N-methyl/N-ethyl adjacent to an activating group) is 1. The standard InChI is InChI=1S/C8H13Cl2NO2/c1-8(2,7(12)13)11(3)5-6(10)4-9/h4H,5H2,1-3H3,(H,12,13). The van der Waals surface area contributed by atoms with Crippen LogP contribution in [0.3, 0.4) is 0 Å². The summed E-state index contributed by atoms with van der Waals surface area (Å²) in [4.78, 5) is 12.4. The number of carboxylic acids is 1. The molecule has 0 bridgehead atoms. The third-order valence-corrected chi connectivity index (χ3v) is 2.59. The van der Waals surface area contributed by atoms with Crippen molar-refractivity contribution in [2.24, 2.45) is 0 Å². The zero-order valence-electron chi connectivity index (χ0n) is 7.84. The predicted molar refractivity (Wildman–Crippen MR) is 54.1 cm³/mol. The minimum absolute atomic E-state index is 0.324. The van der Waals surface area contributed by atoms with Gasteiger partial charge in [-0.05, 0) is 20.9 Å². The molecule has 0 aromatic heterocycles. The van der Waals surface area contributed by atoms with Gasteiger partial charge in [-0.2, -0.15) is 0 Å². The number of carboxylic acid groups (broad SMARTS) is 1. The second kappa shape index (κ2) is 4.84. The Morgan fingerprint density at radius 3 is 2.38 bits per heavy atom. The van der Waals surface area contributed by atoms with Crippen molar-refractivity contribution in [3.63, 3.8) is 0 Å². The molecule has 5 heteroatoms. The van der Waals surface area contributed by atoms with E-state index < -0.39 is 11.5 Å². The van der Waals surface area contributed by atoms with Gasteiger partial charge < -0.3 is 5.11 Å². The number of aliphatic carboxylic acids is 1. The highest BCUT2D eigenvalue weighted by Crippen LogP contribution is 2.16. The van der Waals surface area contributed by atoms with Crippen LogP contribution in [0.25, 0.3) is 0 Å². The quantitative estimate of drug-likeness (QED) is 0.797. The topological polar surface area (TPSA) is 40.5 Å². The molecule has 0 saturated carbocycles. The van der Waals surface area contributed by atoms with Crippen molar-refractivity contribution in [3.05, 3.63) is 10.6 Å². The van der Waals surface area contributed by atoms with Crippen LogP contribution in [0.15, 0.2) is 10.6 Å². The number of carbonyl (C=O) groups is 1. The Hall–Kier alpha value is -0.250. The Morgan fingerprint density at radius 2 is 2.08 bits per heavy atom. The van der Waals surface area contributed by atoms with Crippen LogP contribution in [-0.4, -0.2) is 35.1 Å². The molecule has 0 amide bonds. The van der Waals surface area contributed by atoms with Gasteiger partial charge in [-0.15, -0.1) is 0 Å². The van der Waals surface area contributed by atoms with Crippen LogP contribution in [0, 0.1) is 0 Å². The fourth-order valence-electron chi connectivity index (χ4n) is 0.622. The molecule has 0 unspecified atom stereocenters. The second-order valence-electron chi connectivity index (χ2n) is 3.28. The molecule has 0 atom stereocenters. The van der Waals surface area contributed by atoms with Crippen LogP contribution in [0.4, 0.5) is 0 Å². The van der Waals surface area contributed by atoms with E-state index in [1.165, 1.54) is 5.54 Å². The highest BCUT2D eigenvalue weighted by molar-refractivity contribution is 6.36. The molecule has 1 N–H and O–H groups in total. The van der Waals surface area contributed by atoms with Gasteiger partial charge in [-0.25, -0.2) is 0 Å². The summed E-state index contributed by atoms with van der Waals surface area (Å²) in [5.74, 6) is -0.894. The first-order chi connectivity index (χ1) is 5.82. The third kappa shape index (κ3) is 3.55. The lowest BCUT2D eigenvalue weighted by Crippen LogP contribution is -2.48. The maximum absolute atomic E-state index is 10.8. The summed E-state index contributed by atoms with van der Waals surface area (Å²) in [5.41, 5.74) is 0.288. The average molecular weight is 226 g/mol. The monoisotopic (exact) mass is 225 g/mol. The van der Waals surface area contributed by atoms with Gasteiger partial charge in [-0.1, -0.05) is 23.2 Å². The zero-order chi connectivity index (χ0) is 10.6. The molecule has 0 aromatic rings. The summed E-state index contributed by atoms with van der Waals surface area (Å²) < 4.78 is 0. The molecule has 0 fully saturated rings. The minimum atomic E-state index is -0.944. The van der Waals surface area contributed by atoms with Crippen LogP contribution in [0.2, 0.25) is 0 Å². The van der Waals surface area contributed by atoms with Crippen molar-refractivity contribution in [1.29, 1.82) is 0 Å². The maximum atomic E-state index is 10.8. The Bertz CT molecular complexity index is 226. The number of hydrogen-bond donors (Lipinski definition) is 1. The summed E-state index contributed by atoms with van der Waals surface area (Å²) in [6.07, 6.45) is 0. The molecule has 0 rings (SSSR count). The largest absolute Gasteiger partial charge is 0.480 e. The lowest BCUT2D eigenvalue weighted by Gasteiger charge is -2.30. The highest BCUT2D eigenvalue weighted by Gasteiger charge is 2.31. The second-order valence-corrected chi connectivity index (χ2v) is 3.98. The lowest BCUT2D eigenvalue weighted by molar-refractivity contribution is -0.148.